The van der Waals surface area contributed by atoms with Crippen molar-refractivity contribution in [3.63, 3.8) is 0 Å². The van der Waals surface area contributed by atoms with E-state index in [0.29, 0.717) is 5.92 Å². The lowest BCUT2D eigenvalue weighted by Gasteiger charge is -2.17. The Morgan fingerprint density at radius 3 is 2.11 bits per heavy atom. The van der Waals surface area contributed by atoms with E-state index in [4.69, 9.17) is 5.73 Å². The van der Waals surface area contributed by atoms with E-state index in [1.165, 1.54) is 22.3 Å². The molecule has 0 aliphatic heterocycles. The van der Waals surface area contributed by atoms with Crippen molar-refractivity contribution in [1.29, 1.82) is 0 Å². The van der Waals surface area contributed by atoms with Crippen LogP contribution < -0.4 is 5.73 Å². The molecule has 0 amide bonds. The van der Waals surface area contributed by atoms with Gasteiger partial charge in [-0.2, -0.15) is 0 Å². The van der Waals surface area contributed by atoms with Crippen molar-refractivity contribution in [2.45, 2.75) is 32.6 Å². The van der Waals surface area contributed by atoms with E-state index in [1.54, 1.807) is 0 Å². The molecule has 0 fully saturated rings. The summed E-state index contributed by atoms with van der Waals surface area (Å²) in [6.45, 7) is 5.11. The first-order valence-electron chi connectivity index (χ1n) is 7.02. The van der Waals surface area contributed by atoms with Crippen LogP contribution in [0.15, 0.2) is 48.5 Å². The van der Waals surface area contributed by atoms with Gasteiger partial charge in [-0.1, -0.05) is 48.5 Å². The highest BCUT2D eigenvalue weighted by Gasteiger charge is 2.11. The molecular formula is C18H23N. The summed E-state index contributed by atoms with van der Waals surface area (Å²) in [6, 6.07) is 17.1. The quantitative estimate of drug-likeness (QED) is 0.857. The summed E-state index contributed by atoms with van der Waals surface area (Å²) in [6.07, 6.45) is 2.22. The van der Waals surface area contributed by atoms with E-state index in [0.717, 1.165) is 19.4 Å². The monoisotopic (exact) mass is 253 g/mol. The lowest BCUT2D eigenvalue weighted by atomic mass is 9.90. The Hall–Kier alpha value is -1.60. The van der Waals surface area contributed by atoms with Gasteiger partial charge < -0.3 is 5.73 Å². The van der Waals surface area contributed by atoms with Gasteiger partial charge in [-0.3, -0.25) is 0 Å². The Labute approximate surface area is 116 Å². The summed E-state index contributed by atoms with van der Waals surface area (Å²) in [7, 11) is 0. The molecule has 2 N–H and O–H groups in total. The molecule has 0 aliphatic rings. The molecule has 1 unspecified atom stereocenters. The Kier molecular flexibility index (Phi) is 4.75. The van der Waals surface area contributed by atoms with Crippen molar-refractivity contribution >= 4 is 0 Å². The van der Waals surface area contributed by atoms with E-state index < -0.39 is 0 Å². The second-order valence-corrected chi connectivity index (χ2v) is 5.25. The zero-order valence-corrected chi connectivity index (χ0v) is 11.9. The predicted octanol–water partition coefficient (Wildman–Crippen LogP) is 3.98. The molecule has 100 valence electrons. The first-order valence-corrected chi connectivity index (χ1v) is 7.02. The SMILES string of the molecule is Cc1cccc(C)c1CCC(CN)c1ccccc1. The third kappa shape index (κ3) is 3.45. The molecule has 0 radical (unpaired) electrons. The lowest BCUT2D eigenvalue weighted by molar-refractivity contribution is 0.631. The summed E-state index contributed by atoms with van der Waals surface area (Å²) in [5.41, 5.74) is 11.6. The molecule has 0 heterocycles. The van der Waals surface area contributed by atoms with Gasteiger partial charge in [-0.25, -0.2) is 0 Å². The Morgan fingerprint density at radius 1 is 0.895 bits per heavy atom. The normalized spacial score (nSPS) is 12.4. The summed E-state index contributed by atoms with van der Waals surface area (Å²) in [5.74, 6) is 0.459. The van der Waals surface area contributed by atoms with Crippen LogP contribution in [0.5, 0.6) is 0 Å². The van der Waals surface area contributed by atoms with Gasteiger partial charge in [0.25, 0.3) is 0 Å². The van der Waals surface area contributed by atoms with Gasteiger partial charge in [-0.05, 0) is 61.4 Å². The number of rotatable bonds is 5. The van der Waals surface area contributed by atoms with Crippen LogP contribution >= 0.6 is 0 Å². The molecule has 2 aromatic rings. The number of benzene rings is 2. The maximum atomic E-state index is 5.95. The highest BCUT2D eigenvalue weighted by Crippen LogP contribution is 2.23. The average molecular weight is 253 g/mol. The summed E-state index contributed by atoms with van der Waals surface area (Å²) >= 11 is 0. The standard InChI is InChI=1S/C18H23N/c1-14-7-6-8-15(2)18(14)12-11-17(13-19)16-9-4-3-5-10-16/h3-10,17H,11-13,19H2,1-2H3. The average Bonchev–Trinajstić information content (AvgIpc) is 2.43. The number of hydrogen-bond donors (Lipinski definition) is 1. The summed E-state index contributed by atoms with van der Waals surface area (Å²) in [5, 5.41) is 0. The minimum atomic E-state index is 0.459. The highest BCUT2D eigenvalue weighted by molar-refractivity contribution is 5.34. The molecule has 19 heavy (non-hydrogen) atoms. The number of nitrogens with two attached hydrogens (primary N) is 1. The predicted molar refractivity (Wildman–Crippen MR) is 82.5 cm³/mol. The lowest BCUT2D eigenvalue weighted by Crippen LogP contribution is -2.13. The van der Waals surface area contributed by atoms with Gasteiger partial charge in [0, 0.05) is 0 Å². The van der Waals surface area contributed by atoms with Crippen LogP contribution in [0.25, 0.3) is 0 Å². The van der Waals surface area contributed by atoms with Gasteiger partial charge in [0.2, 0.25) is 0 Å². The fourth-order valence-corrected chi connectivity index (χ4v) is 2.71. The zero-order chi connectivity index (χ0) is 13.7. The Morgan fingerprint density at radius 2 is 1.53 bits per heavy atom. The topological polar surface area (TPSA) is 26.0 Å². The first kappa shape index (κ1) is 13.8. The van der Waals surface area contributed by atoms with Crippen LogP contribution in [0.4, 0.5) is 0 Å². The molecule has 2 rings (SSSR count). The third-order valence-electron chi connectivity index (χ3n) is 3.94. The maximum absolute atomic E-state index is 5.95. The Balaban J connectivity index is 2.09. The zero-order valence-electron chi connectivity index (χ0n) is 11.9. The van der Waals surface area contributed by atoms with Crippen molar-refractivity contribution in [3.05, 3.63) is 70.8 Å². The van der Waals surface area contributed by atoms with E-state index >= 15 is 0 Å². The fourth-order valence-electron chi connectivity index (χ4n) is 2.71. The smallest absolute Gasteiger partial charge is 0.000812 e. The number of aryl methyl sites for hydroxylation is 2. The second kappa shape index (κ2) is 6.53. The van der Waals surface area contributed by atoms with E-state index in [9.17, 15) is 0 Å². The third-order valence-corrected chi connectivity index (χ3v) is 3.94. The van der Waals surface area contributed by atoms with E-state index in [-0.39, 0.29) is 0 Å². The minimum absolute atomic E-state index is 0.459. The molecule has 0 saturated carbocycles. The van der Waals surface area contributed by atoms with Gasteiger partial charge in [-0.15, -0.1) is 0 Å². The van der Waals surface area contributed by atoms with Crippen LogP contribution in [0.1, 0.15) is 34.6 Å². The molecule has 2 aromatic carbocycles. The fraction of sp³-hybridized carbons (Fsp3) is 0.333. The van der Waals surface area contributed by atoms with Crippen LogP contribution in [-0.2, 0) is 6.42 Å². The summed E-state index contributed by atoms with van der Waals surface area (Å²) < 4.78 is 0. The summed E-state index contributed by atoms with van der Waals surface area (Å²) in [4.78, 5) is 0. The van der Waals surface area contributed by atoms with Gasteiger partial charge in [0.15, 0.2) is 0 Å². The van der Waals surface area contributed by atoms with Crippen LogP contribution in [0.2, 0.25) is 0 Å². The molecule has 0 aromatic heterocycles. The van der Waals surface area contributed by atoms with Crippen LogP contribution in [0.3, 0.4) is 0 Å². The van der Waals surface area contributed by atoms with Crippen molar-refractivity contribution in [3.8, 4) is 0 Å². The molecule has 0 saturated heterocycles. The van der Waals surface area contributed by atoms with Crippen LogP contribution in [-0.4, -0.2) is 6.54 Å². The van der Waals surface area contributed by atoms with Gasteiger partial charge in [0.1, 0.15) is 0 Å². The van der Waals surface area contributed by atoms with Crippen molar-refractivity contribution < 1.29 is 0 Å². The Bertz CT molecular complexity index is 496. The van der Waals surface area contributed by atoms with Gasteiger partial charge >= 0.3 is 0 Å². The van der Waals surface area contributed by atoms with Gasteiger partial charge in [0.05, 0.1) is 0 Å². The largest absolute Gasteiger partial charge is 0.330 e. The van der Waals surface area contributed by atoms with Crippen molar-refractivity contribution in [1.82, 2.24) is 0 Å². The maximum Gasteiger partial charge on any atom is -0.000812 e. The molecule has 0 spiro atoms. The molecule has 0 bridgehead atoms. The molecular weight excluding hydrogens is 230 g/mol. The molecule has 1 atom stereocenters. The van der Waals surface area contributed by atoms with Crippen molar-refractivity contribution in [2.24, 2.45) is 5.73 Å². The van der Waals surface area contributed by atoms with E-state index in [2.05, 4.69) is 62.4 Å². The first-order chi connectivity index (χ1) is 9.22. The second-order valence-electron chi connectivity index (χ2n) is 5.25. The minimum Gasteiger partial charge on any atom is -0.330 e. The van der Waals surface area contributed by atoms with Crippen molar-refractivity contribution in [2.75, 3.05) is 6.54 Å². The van der Waals surface area contributed by atoms with E-state index in [1.807, 2.05) is 0 Å². The molecule has 1 nitrogen and oxygen atoms in total. The number of hydrogen-bond acceptors (Lipinski definition) is 1. The highest BCUT2D eigenvalue weighted by atomic mass is 14.5. The molecule has 0 aliphatic carbocycles. The molecule has 1 heteroatoms. The van der Waals surface area contributed by atoms with Crippen LogP contribution in [0, 0.1) is 13.8 Å².